The maximum atomic E-state index is 6.16. The Labute approximate surface area is 197 Å². The van der Waals surface area contributed by atoms with E-state index in [4.69, 9.17) is 40.4 Å². The molecule has 0 saturated carbocycles. The maximum Gasteiger partial charge on any atom is 0.146 e. The number of rotatable bonds is 4. The molecular formula is C26H18Cl2N2S. The van der Waals surface area contributed by atoms with E-state index < -0.39 is 0 Å². The van der Waals surface area contributed by atoms with Crippen LogP contribution in [0.1, 0.15) is 11.1 Å². The van der Waals surface area contributed by atoms with Gasteiger partial charge in [0.05, 0.1) is 5.69 Å². The number of aliphatic imine (C=N–C) groups is 1. The van der Waals surface area contributed by atoms with Gasteiger partial charge in [0, 0.05) is 26.9 Å². The number of halogens is 2. The van der Waals surface area contributed by atoms with E-state index >= 15 is 0 Å². The van der Waals surface area contributed by atoms with Crippen LogP contribution < -0.4 is 4.90 Å². The third-order valence-electron chi connectivity index (χ3n) is 4.61. The van der Waals surface area contributed by atoms with Crippen molar-refractivity contribution in [3.8, 4) is 0 Å². The van der Waals surface area contributed by atoms with Crippen LogP contribution in [0.15, 0.2) is 114 Å². The molecule has 4 rings (SSSR count). The molecule has 4 aromatic rings. The van der Waals surface area contributed by atoms with Gasteiger partial charge >= 0.3 is 0 Å². The minimum Gasteiger partial charge on any atom is -0.284 e. The highest BCUT2D eigenvalue weighted by molar-refractivity contribution is 7.81. The van der Waals surface area contributed by atoms with Gasteiger partial charge in [0.25, 0.3) is 0 Å². The zero-order chi connectivity index (χ0) is 21.6. The molecule has 31 heavy (non-hydrogen) atoms. The first kappa shape index (κ1) is 21.3. The molecule has 0 radical (unpaired) electrons. The van der Waals surface area contributed by atoms with Crippen LogP contribution >= 0.6 is 35.4 Å². The largest absolute Gasteiger partial charge is 0.284 e. The Morgan fingerprint density at radius 2 is 1.10 bits per heavy atom. The SMILES string of the molecule is S=C(c1ccccc1)N(C(=Nc1ccc(Cl)cc1)c1ccccc1)c1ccc(Cl)cc1. The van der Waals surface area contributed by atoms with Gasteiger partial charge in [-0.3, -0.25) is 4.90 Å². The van der Waals surface area contributed by atoms with Gasteiger partial charge < -0.3 is 0 Å². The van der Waals surface area contributed by atoms with Gasteiger partial charge in [0.2, 0.25) is 0 Å². The second kappa shape index (κ2) is 9.88. The van der Waals surface area contributed by atoms with Crippen molar-refractivity contribution in [1.29, 1.82) is 0 Å². The summed E-state index contributed by atoms with van der Waals surface area (Å²) >= 11 is 18.2. The third kappa shape index (κ3) is 5.20. The molecule has 0 aliphatic carbocycles. The Hall–Kier alpha value is -2.98. The summed E-state index contributed by atoms with van der Waals surface area (Å²) in [5.41, 5.74) is 3.51. The van der Waals surface area contributed by atoms with Gasteiger partial charge in [-0.1, -0.05) is 96.1 Å². The summed E-state index contributed by atoms with van der Waals surface area (Å²) in [6.07, 6.45) is 0. The molecule has 0 aromatic heterocycles. The van der Waals surface area contributed by atoms with Crippen LogP contribution in [-0.4, -0.2) is 10.8 Å². The lowest BCUT2D eigenvalue weighted by Crippen LogP contribution is -2.37. The zero-order valence-corrected chi connectivity index (χ0v) is 18.8. The summed E-state index contributed by atoms with van der Waals surface area (Å²) in [5, 5.41) is 1.32. The number of anilines is 1. The van der Waals surface area contributed by atoms with Gasteiger partial charge in [-0.05, 0) is 48.5 Å². The van der Waals surface area contributed by atoms with Crippen LogP contribution in [0.2, 0.25) is 10.0 Å². The van der Waals surface area contributed by atoms with Crippen molar-refractivity contribution in [3.63, 3.8) is 0 Å². The average molecular weight is 461 g/mol. The van der Waals surface area contributed by atoms with E-state index in [1.807, 2.05) is 114 Å². The second-order valence-electron chi connectivity index (χ2n) is 6.76. The van der Waals surface area contributed by atoms with Gasteiger partial charge in [0.1, 0.15) is 10.8 Å². The molecule has 0 fully saturated rings. The quantitative estimate of drug-likeness (QED) is 0.174. The van der Waals surface area contributed by atoms with Crippen molar-refractivity contribution in [2.45, 2.75) is 0 Å². The van der Waals surface area contributed by atoms with Crippen LogP contribution in [0.3, 0.4) is 0 Å². The van der Waals surface area contributed by atoms with Crippen LogP contribution in [-0.2, 0) is 0 Å². The molecule has 0 heterocycles. The van der Waals surface area contributed by atoms with Crippen molar-refractivity contribution >= 4 is 57.6 Å². The lowest BCUT2D eigenvalue weighted by Gasteiger charge is -2.27. The molecule has 0 bridgehead atoms. The first-order chi connectivity index (χ1) is 15.1. The van der Waals surface area contributed by atoms with Gasteiger partial charge in [-0.2, -0.15) is 0 Å². The molecule has 0 aliphatic heterocycles. The van der Waals surface area contributed by atoms with Crippen molar-refractivity contribution in [2.75, 3.05) is 4.90 Å². The fourth-order valence-electron chi connectivity index (χ4n) is 3.10. The molecular weight excluding hydrogens is 443 g/mol. The first-order valence-electron chi connectivity index (χ1n) is 9.66. The van der Waals surface area contributed by atoms with Crippen molar-refractivity contribution in [2.24, 2.45) is 4.99 Å². The predicted octanol–water partition coefficient (Wildman–Crippen LogP) is 7.95. The summed E-state index contributed by atoms with van der Waals surface area (Å²) < 4.78 is 0. The van der Waals surface area contributed by atoms with Gasteiger partial charge in [0.15, 0.2) is 0 Å². The number of amidine groups is 1. The Kier molecular flexibility index (Phi) is 6.78. The van der Waals surface area contributed by atoms with Gasteiger partial charge in [-0.25, -0.2) is 4.99 Å². The van der Waals surface area contributed by atoms with Gasteiger partial charge in [-0.15, -0.1) is 0 Å². The molecule has 0 spiro atoms. The van der Waals surface area contributed by atoms with E-state index in [0.717, 1.165) is 22.5 Å². The molecule has 5 heteroatoms. The normalized spacial score (nSPS) is 11.2. The number of hydrogen-bond donors (Lipinski definition) is 0. The van der Waals surface area contributed by atoms with E-state index in [1.165, 1.54) is 0 Å². The Morgan fingerprint density at radius 3 is 1.65 bits per heavy atom. The summed E-state index contributed by atoms with van der Waals surface area (Å²) in [5.74, 6) is 0.707. The summed E-state index contributed by atoms with van der Waals surface area (Å²) in [7, 11) is 0. The summed E-state index contributed by atoms with van der Waals surface area (Å²) in [4.78, 5) is 7.59. The first-order valence-corrected chi connectivity index (χ1v) is 10.8. The Balaban J connectivity index is 1.92. The highest BCUT2D eigenvalue weighted by Gasteiger charge is 2.21. The molecule has 152 valence electrons. The van der Waals surface area contributed by atoms with Crippen LogP contribution in [0.4, 0.5) is 11.4 Å². The molecule has 0 amide bonds. The van der Waals surface area contributed by atoms with Crippen LogP contribution in [0.5, 0.6) is 0 Å². The van der Waals surface area contributed by atoms with E-state index in [0.29, 0.717) is 20.9 Å². The average Bonchev–Trinajstić information content (AvgIpc) is 2.82. The van der Waals surface area contributed by atoms with Crippen molar-refractivity contribution in [1.82, 2.24) is 0 Å². The summed E-state index contributed by atoms with van der Waals surface area (Å²) in [6.45, 7) is 0. The molecule has 4 aromatic carbocycles. The number of nitrogens with zero attached hydrogens (tertiary/aromatic N) is 2. The smallest absolute Gasteiger partial charge is 0.146 e. The lowest BCUT2D eigenvalue weighted by atomic mass is 10.1. The van der Waals surface area contributed by atoms with Crippen LogP contribution in [0, 0.1) is 0 Å². The fourth-order valence-corrected chi connectivity index (χ4v) is 3.68. The monoisotopic (exact) mass is 460 g/mol. The van der Waals surface area contributed by atoms with E-state index in [2.05, 4.69) is 0 Å². The topological polar surface area (TPSA) is 15.6 Å². The second-order valence-corrected chi connectivity index (χ2v) is 8.02. The highest BCUT2D eigenvalue weighted by Crippen LogP contribution is 2.26. The highest BCUT2D eigenvalue weighted by atomic mass is 35.5. The Morgan fingerprint density at radius 1 is 0.613 bits per heavy atom. The van der Waals surface area contributed by atoms with Crippen LogP contribution in [0.25, 0.3) is 0 Å². The predicted molar refractivity (Wildman–Crippen MR) is 136 cm³/mol. The molecule has 0 N–H and O–H groups in total. The molecule has 0 atom stereocenters. The summed E-state index contributed by atoms with van der Waals surface area (Å²) in [6, 6.07) is 34.9. The van der Waals surface area contributed by atoms with Crippen molar-refractivity contribution < 1.29 is 0 Å². The van der Waals surface area contributed by atoms with E-state index in [1.54, 1.807) is 0 Å². The Bertz CT molecular complexity index is 1190. The van der Waals surface area contributed by atoms with E-state index in [-0.39, 0.29) is 0 Å². The minimum atomic E-state index is 0.638. The number of hydrogen-bond acceptors (Lipinski definition) is 2. The zero-order valence-electron chi connectivity index (χ0n) is 16.5. The number of thiocarbonyl (C=S) groups is 1. The maximum absolute atomic E-state index is 6.16. The van der Waals surface area contributed by atoms with Crippen molar-refractivity contribution in [3.05, 3.63) is 130 Å². The third-order valence-corrected chi connectivity index (χ3v) is 5.54. The van der Waals surface area contributed by atoms with E-state index in [9.17, 15) is 0 Å². The fraction of sp³-hybridized carbons (Fsp3) is 0. The lowest BCUT2D eigenvalue weighted by molar-refractivity contribution is 1.36. The minimum absolute atomic E-state index is 0.638. The molecule has 2 nitrogen and oxygen atoms in total. The molecule has 0 aliphatic rings. The molecule has 0 unspecified atom stereocenters. The molecule has 0 saturated heterocycles. The number of benzene rings is 4. The standard InChI is InChI=1S/C26H18Cl2N2S/c27-21-11-15-23(16-12-21)29-25(19-7-3-1-4-8-19)30(24-17-13-22(28)14-18-24)26(31)20-9-5-2-6-10-20/h1-18H.